The van der Waals surface area contributed by atoms with Crippen molar-refractivity contribution in [2.75, 3.05) is 13.7 Å². The summed E-state index contributed by atoms with van der Waals surface area (Å²) in [6.45, 7) is 11.0. The van der Waals surface area contributed by atoms with Crippen LogP contribution in [-0.4, -0.2) is 39.8 Å². The van der Waals surface area contributed by atoms with Crippen LogP contribution in [0.15, 0.2) is 60.7 Å². The number of hydrogen-bond acceptors (Lipinski definition) is 4. The van der Waals surface area contributed by atoms with Crippen LogP contribution in [-0.2, 0) is 11.8 Å². The minimum absolute atomic E-state index is 0.0227. The van der Waals surface area contributed by atoms with Crippen LogP contribution in [0.3, 0.4) is 0 Å². The number of carbonyl (C=O) groups excluding carboxylic acids is 1. The van der Waals surface area contributed by atoms with Gasteiger partial charge in [0.25, 0.3) is 5.91 Å². The van der Waals surface area contributed by atoms with Crippen LogP contribution >= 0.6 is 0 Å². The monoisotopic (exact) mass is 509 g/mol. The number of methoxy groups -OCH3 is 1. The van der Waals surface area contributed by atoms with E-state index >= 15 is 0 Å². The Kier molecular flexibility index (Phi) is 6.51. The molecule has 3 aromatic carbocycles. The van der Waals surface area contributed by atoms with E-state index in [0.29, 0.717) is 29.9 Å². The number of benzene rings is 3. The van der Waals surface area contributed by atoms with Crippen LogP contribution in [0.5, 0.6) is 11.5 Å². The topological polar surface area (TPSA) is 78.5 Å². The van der Waals surface area contributed by atoms with Crippen molar-refractivity contribution in [3.8, 4) is 22.8 Å². The molecule has 1 amide bonds. The Balaban J connectivity index is 1.59. The van der Waals surface area contributed by atoms with Gasteiger partial charge < -0.3 is 14.7 Å². The van der Waals surface area contributed by atoms with E-state index in [0.717, 1.165) is 33.6 Å². The Bertz CT molecular complexity index is 1480. The number of carbonyl (C=O) groups is 1. The second-order valence-electron chi connectivity index (χ2n) is 11.2. The fourth-order valence-electron chi connectivity index (χ4n) is 5.33. The maximum Gasteiger partial charge on any atom is 0.273 e. The predicted molar refractivity (Wildman–Crippen MR) is 150 cm³/mol. The first-order chi connectivity index (χ1) is 18.1. The second kappa shape index (κ2) is 9.67. The van der Waals surface area contributed by atoms with Gasteiger partial charge in [-0.15, -0.1) is 0 Å². The smallest absolute Gasteiger partial charge is 0.273 e. The van der Waals surface area contributed by atoms with Crippen LogP contribution in [0.25, 0.3) is 11.3 Å². The number of hydrogen-bond donors (Lipinski definition) is 2. The van der Waals surface area contributed by atoms with Crippen LogP contribution in [0.1, 0.15) is 70.7 Å². The summed E-state index contributed by atoms with van der Waals surface area (Å²) in [6.07, 6.45) is 0.703. The van der Waals surface area contributed by atoms with Crippen molar-refractivity contribution >= 4 is 5.91 Å². The van der Waals surface area contributed by atoms with Gasteiger partial charge in [-0.05, 0) is 71.7 Å². The summed E-state index contributed by atoms with van der Waals surface area (Å²) in [5.74, 6) is 0.915. The number of nitrogens with one attached hydrogen (secondary N) is 1. The molecule has 0 spiro atoms. The highest BCUT2D eigenvalue weighted by atomic mass is 16.5. The van der Waals surface area contributed by atoms with Crippen molar-refractivity contribution in [1.29, 1.82) is 0 Å². The van der Waals surface area contributed by atoms with Gasteiger partial charge in [-0.3, -0.25) is 9.89 Å². The number of phenolic OH excluding ortho intramolecular Hbond substituents is 1. The normalized spacial score (nSPS) is 15.2. The summed E-state index contributed by atoms with van der Waals surface area (Å²) in [5, 5.41) is 18.5. The molecular formula is C32H35N3O3. The highest BCUT2D eigenvalue weighted by Gasteiger charge is 2.42. The molecule has 0 radical (unpaired) electrons. The standard InChI is InChI=1S/C32H35N3O3/c1-19-17-20(2)30(36)25(18-19)27-26-28(34-33-27)31(37)35(16-15-21-7-13-24(38-6)14-8-21)29(26)22-9-11-23(12-10-22)32(3,4)5/h7-14,17-18,29,36H,15-16H2,1-6H3,(H,33,34)/t29-/m0/s1. The van der Waals surface area contributed by atoms with E-state index in [9.17, 15) is 9.90 Å². The highest BCUT2D eigenvalue weighted by molar-refractivity contribution is 6.00. The molecule has 6 heteroatoms. The summed E-state index contributed by atoms with van der Waals surface area (Å²) < 4.78 is 5.29. The molecule has 0 unspecified atom stereocenters. The molecule has 2 N–H and O–H groups in total. The zero-order valence-electron chi connectivity index (χ0n) is 22.9. The van der Waals surface area contributed by atoms with Gasteiger partial charge in [0.2, 0.25) is 0 Å². The van der Waals surface area contributed by atoms with E-state index in [-0.39, 0.29) is 23.1 Å². The first-order valence-corrected chi connectivity index (χ1v) is 13.0. The average Bonchev–Trinajstić information content (AvgIpc) is 3.43. The molecule has 2 heterocycles. The van der Waals surface area contributed by atoms with Crippen LogP contribution in [0, 0.1) is 13.8 Å². The number of aromatic amines is 1. The first-order valence-electron chi connectivity index (χ1n) is 13.0. The minimum Gasteiger partial charge on any atom is -0.507 e. The van der Waals surface area contributed by atoms with Crippen LogP contribution < -0.4 is 4.74 Å². The second-order valence-corrected chi connectivity index (χ2v) is 11.2. The van der Waals surface area contributed by atoms with Crippen molar-refractivity contribution in [2.45, 2.75) is 52.5 Å². The van der Waals surface area contributed by atoms with Crippen molar-refractivity contribution in [3.63, 3.8) is 0 Å². The third kappa shape index (κ3) is 4.55. The molecule has 0 saturated heterocycles. The molecule has 0 saturated carbocycles. The number of fused-ring (bicyclic) bond motifs is 1. The summed E-state index contributed by atoms with van der Waals surface area (Å²) in [7, 11) is 1.65. The molecule has 6 nitrogen and oxygen atoms in total. The first kappa shape index (κ1) is 25.6. The van der Waals surface area contributed by atoms with E-state index in [1.165, 1.54) is 5.56 Å². The Morgan fingerprint density at radius 1 is 1.03 bits per heavy atom. The molecular weight excluding hydrogens is 474 g/mol. The number of H-pyrrole nitrogens is 1. The predicted octanol–water partition coefficient (Wildman–Crippen LogP) is 6.49. The molecule has 1 aliphatic rings. The maximum absolute atomic E-state index is 13.8. The van der Waals surface area contributed by atoms with E-state index in [4.69, 9.17) is 4.74 Å². The number of aromatic hydroxyl groups is 1. The van der Waals surface area contributed by atoms with Gasteiger partial charge in [-0.2, -0.15) is 5.10 Å². The van der Waals surface area contributed by atoms with Gasteiger partial charge in [-0.1, -0.05) is 63.2 Å². The SMILES string of the molecule is COc1ccc(CCN2C(=O)c3[nH]nc(-c4cc(C)cc(C)c4O)c3[C@@H]2c2ccc(C(C)(C)C)cc2)cc1. The lowest BCUT2D eigenvalue weighted by Crippen LogP contribution is -2.31. The summed E-state index contributed by atoms with van der Waals surface area (Å²) in [4.78, 5) is 15.7. The number of rotatable bonds is 6. The molecule has 0 bridgehead atoms. The quantitative estimate of drug-likeness (QED) is 0.311. The Hall–Kier alpha value is -4.06. The van der Waals surface area contributed by atoms with E-state index in [1.807, 2.05) is 55.1 Å². The molecule has 0 aliphatic carbocycles. The van der Waals surface area contributed by atoms with Gasteiger partial charge in [0, 0.05) is 17.7 Å². The van der Waals surface area contributed by atoms with Crippen molar-refractivity contribution < 1.29 is 14.6 Å². The highest BCUT2D eigenvalue weighted by Crippen LogP contribution is 2.45. The van der Waals surface area contributed by atoms with Crippen molar-refractivity contribution in [1.82, 2.24) is 15.1 Å². The Morgan fingerprint density at radius 3 is 2.34 bits per heavy atom. The Labute approximate surface area is 224 Å². The average molecular weight is 510 g/mol. The molecule has 1 aromatic heterocycles. The van der Waals surface area contributed by atoms with Crippen molar-refractivity contribution in [3.05, 3.63) is 99.7 Å². The zero-order valence-corrected chi connectivity index (χ0v) is 22.9. The lowest BCUT2D eigenvalue weighted by molar-refractivity contribution is 0.0746. The van der Waals surface area contributed by atoms with Gasteiger partial charge in [0.15, 0.2) is 0 Å². The van der Waals surface area contributed by atoms with Gasteiger partial charge >= 0.3 is 0 Å². The number of ether oxygens (including phenoxy) is 1. The van der Waals surface area contributed by atoms with Gasteiger partial charge in [0.1, 0.15) is 22.9 Å². The summed E-state index contributed by atoms with van der Waals surface area (Å²) >= 11 is 0. The zero-order chi connectivity index (χ0) is 27.2. The molecule has 38 heavy (non-hydrogen) atoms. The number of aryl methyl sites for hydroxylation is 2. The number of phenols is 1. The third-order valence-electron chi connectivity index (χ3n) is 7.46. The van der Waals surface area contributed by atoms with E-state index < -0.39 is 0 Å². The molecule has 1 aliphatic heterocycles. The van der Waals surface area contributed by atoms with E-state index in [2.05, 4.69) is 55.2 Å². The minimum atomic E-state index is -0.321. The van der Waals surface area contributed by atoms with E-state index in [1.54, 1.807) is 7.11 Å². The Morgan fingerprint density at radius 2 is 1.71 bits per heavy atom. The summed E-state index contributed by atoms with van der Waals surface area (Å²) in [6, 6.07) is 20.0. The maximum atomic E-state index is 13.8. The molecule has 4 aromatic rings. The lowest BCUT2D eigenvalue weighted by atomic mass is 9.85. The van der Waals surface area contributed by atoms with Crippen LogP contribution in [0.4, 0.5) is 0 Å². The van der Waals surface area contributed by atoms with Crippen LogP contribution in [0.2, 0.25) is 0 Å². The van der Waals surface area contributed by atoms with Crippen molar-refractivity contribution in [2.24, 2.45) is 0 Å². The third-order valence-corrected chi connectivity index (χ3v) is 7.46. The fraction of sp³-hybridized carbons (Fsp3) is 0.312. The molecule has 0 fully saturated rings. The van der Waals surface area contributed by atoms with Gasteiger partial charge in [-0.25, -0.2) is 0 Å². The fourth-order valence-corrected chi connectivity index (χ4v) is 5.33. The lowest BCUT2D eigenvalue weighted by Gasteiger charge is -2.27. The number of amides is 1. The largest absolute Gasteiger partial charge is 0.507 e. The summed E-state index contributed by atoms with van der Waals surface area (Å²) in [5.41, 5.74) is 7.77. The number of nitrogens with zero attached hydrogens (tertiary/aromatic N) is 2. The molecule has 5 rings (SSSR count). The van der Waals surface area contributed by atoms with Gasteiger partial charge in [0.05, 0.1) is 13.2 Å². The molecule has 196 valence electrons. The number of aromatic nitrogens is 2. The molecule has 1 atom stereocenters.